The number of likely N-dealkylation sites (tertiary alicyclic amines) is 1. The molecule has 1 N–H and O–H groups in total. The van der Waals surface area contributed by atoms with Crippen molar-refractivity contribution >= 4 is 5.91 Å². The van der Waals surface area contributed by atoms with E-state index in [1.807, 2.05) is 21.0 Å². The number of aromatic nitrogens is 2. The van der Waals surface area contributed by atoms with E-state index in [2.05, 4.69) is 24.0 Å². The Hall–Kier alpha value is -1.40. The van der Waals surface area contributed by atoms with Crippen molar-refractivity contribution < 1.29 is 9.90 Å². The molecule has 6 nitrogen and oxygen atoms in total. The summed E-state index contributed by atoms with van der Waals surface area (Å²) in [6.45, 7) is 4.90. The second-order valence-corrected chi connectivity index (χ2v) is 8.54. The van der Waals surface area contributed by atoms with Gasteiger partial charge in [-0.2, -0.15) is 5.10 Å². The molecule has 1 saturated heterocycles. The van der Waals surface area contributed by atoms with E-state index < -0.39 is 5.60 Å². The fraction of sp³-hybridized carbons (Fsp3) is 0.789. The van der Waals surface area contributed by atoms with Crippen LogP contribution in [0, 0.1) is 5.41 Å². The maximum absolute atomic E-state index is 12.6. The highest BCUT2D eigenvalue weighted by molar-refractivity contribution is 5.92. The van der Waals surface area contributed by atoms with Crippen molar-refractivity contribution in [3.63, 3.8) is 0 Å². The van der Waals surface area contributed by atoms with Gasteiger partial charge in [-0.3, -0.25) is 14.4 Å². The van der Waals surface area contributed by atoms with E-state index in [9.17, 15) is 9.90 Å². The van der Waals surface area contributed by atoms with E-state index in [0.717, 1.165) is 32.1 Å². The fourth-order valence-electron chi connectivity index (χ4n) is 4.98. The number of aryl methyl sites for hydroxylation is 1. The number of nitrogens with zero attached hydrogens (tertiary/aromatic N) is 4. The van der Waals surface area contributed by atoms with Gasteiger partial charge in [0.1, 0.15) is 5.69 Å². The average Bonchev–Trinajstić information content (AvgIpc) is 3.04. The van der Waals surface area contributed by atoms with Gasteiger partial charge in [-0.15, -0.1) is 0 Å². The molecular weight excluding hydrogens is 316 g/mol. The van der Waals surface area contributed by atoms with Gasteiger partial charge in [0.05, 0.1) is 5.60 Å². The van der Waals surface area contributed by atoms with Gasteiger partial charge in [0.15, 0.2) is 0 Å². The lowest BCUT2D eigenvalue weighted by Crippen LogP contribution is -2.50. The van der Waals surface area contributed by atoms with Crippen LogP contribution in [-0.4, -0.2) is 68.9 Å². The molecule has 1 amide bonds. The molecule has 6 heteroatoms. The van der Waals surface area contributed by atoms with Crippen LogP contribution in [0.25, 0.3) is 0 Å². The van der Waals surface area contributed by atoms with Crippen LogP contribution in [0.15, 0.2) is 12.3 Å². The van der Waals surface area contributed by atoms with E-state index in [4.69, 9.17) is 0 Å². The summed E-state index contributed by atoms with van der Waals surface area (Å²) in [6.07, 6.45) is 6.95. The smallest absolute Gasteiger partial charge is 0.274 e. The number of aliphatic hydroxyl groups is 1. The Morgan fingerprint density at radius 3 is 2.76 bits per heavy atom. The van der Waals surface area contributed by atoms with E-state index in [1.54, 1.807) is 21.8 Å². The number of amides is 1. The zero-order valence-electron chi connectivity index (χ0n) is 16.2. The molecule has 2 aliphatic rings. The summed E-state index contributed by atoms with van der Waals surface area (Å²) in [5.41, 5.74) is -0.295. The lowest BCUT2D eigenvalue weighted by Gasteiger charge is -2.43. The predicted molar refractivity (Wildman–Crippen MR) is 97.3 cm³/mol. The van der Waals surface area contributed by atoms with Gasteiger partial charge in [0.2, 0.25) is 0 Å². The molecule has 1 aromatic rings. The first kappa shape index (κ1) is 18.4. The van der Waals surface area contributed by atoms with Gasteiger partial charge < -0.3 is 10.0 Å². The number of rotatable bonds is 3. The van der Waals surface area contributed by atoms with E-state index in [0.29, 0.717) is 18.3 Å². The molecule has 1 aliphatic carbocycles. The Morgan fingerprint density at radius 1 is 1.40 bits per heavy atom. The van der Waals surface area contributed by atoms with Gasteiger partial charge in [0.25, 0.3) is 5.91 Å². The molecule has 1 aromatic heterocycles. The van der Waals surface area contributed by atoms with Crippen molar-refractivity contribution in [2.75, 3.05) is 20.6 Å². The van der Waals surface area contributed by atoms with Crippen LogP contribution in [0.4, 0.5) is 0 Å². The molecule has 0 bridgehead atoms. The topological polar surface area (TPSA) is 61.6 Å². The van der Waals surface area contributed by atoms with Crippen molar-refractivity contribution in [3.8, 4) is 0 Å². The van der Waals surface area contributed by atoms with Gasteiger partial charge in [-0.1, -0.05) is 19.8 Å². The van der Waals surface area contributed by atoms with Crippen molar-refractivity contribution in [1.82, 2.24) is 19.6 Å². The van der Waals surface area contributed by atoms with Crippen LogP contribution in [0.5, 0.6) is 0 Å². The Balaban J connectivity index is 1.74. The molecule has 1 saturated carbocycles. The fourth-order valence-corrected chi connectivity index (χ4v) is 4.98. The zero-order chi connectivity index (χ0) is 18.4. The summed E-state index contributed by atoms with van der Waals surface area (Å²) >= 11 is 0. The average molecular weight is 348 g/mol. The molecule has 0 radical (unpaired) electrons. The first-order valence-corrected chi connectivity index (χ1v) is 9.35. The highest BCUT2D eigenvalue weighted by Gasteiger charge is 2.57. The molecule has 0 aromatic carbocycles. The molecule has 2 fully saturated rings. The standard InChI is InChI=1S/C19H32N4O2/c1-18-12-14(13-21(3)17(24)15-9-11-22(4)20-15)23(5)16(18)8-6-7-10-19(18,2)25/h9,11,14,16,25H,6-8,10,12-13H2,1-5H3/t14-,16-,18-,19+/m1/s1. The van der Waals surface area contributed by atoms with Crippen LogP contribution < -0.4 is 0 Å². The van der Waals surface area contributed by atoms with Crippen LogP contribution in [0.1, 0.15) is 56.4 Å². The van der Waals surface area contributed by atoms with Crippen LogP contribution in [-0.2, 0) is 7.05 Å². The Kier molecular flexibility index (Phi) is 4.71. The summed E-state index contributed by atoms with van der Waals surface area (Å²) in [7, 11) is 5.82. The lowest BCUT2D eigenvalue weighted by molar-refractivity contribution is -0.0754. The van der Waals surface area contributed by atoms with Gasteiger partial charge in [-0.05, 0) is 39.3 Å². The molecular formula is C19H32N4O2. The Bertz CT molecular complexity index is 641. The first-order valence-electron chi connectivity index (χ1n) is 9.35. The van der Waals surface area contributed by atoms with Crippen LogP contribution in [0.3, 0.4) is 0 Å². The summed E-state index contributed by atoms with van der Waals surface area (Å²) in [4.78, 5) is 16.8. The number of carbonyl (C=O) groups excluding carboxylic acids is 1. The quantitative estimate of drug-likeness (QED) is 0.906. The minimum atomic E-state index is -0.652. The van der Waals surface area contributed by atoms with E-state index in [1.165, 1.54) is 0 Å². The third kappa shape index (κ3) is 3.10. The summed E-state index contributed by atoms with van der Waals surface area (Å²) in [5, 5.41) is 15.3. The van der Waals surface area contributed by atoms with Crippen molar-refractivity contribution in [1.29, 1.82) is 0 Å². The Morgan fingerprint density at radius 2 is 2.12 bits per heavy atom. The Labute approximate surface area is 150 Å². The minimum Gasteiger partial charge on any atom is -0.390 e. The number of hydrogen-bond acceptors (Lipinski definition) is 4. The normalized spacial score (nSPS) is 36.1. The summed E-state index contributed by atoms with van der Waals surface area (Å²) < 4.78 is 1.65. The zero-order valence-corrected chi connectivity index (χ0v) is 16.2. The highest BCUT2D eigenvalue weighted by Crippen LogP contribution is 2.52. The number of fused-ring (bicyclic) bond motifs is 1. The van der Waals surface area contributed by atoms with Gasteiger partial charge >= 0.3 is 0 Å². The molecule has 2 heterocycles. The maximum atomic E-state index is 12.6. The van der Waals surface area contributed by atoms with Crippen LogP contribution >= 0.6 is 0 Å². The molecule has 1 aliphatic heterocycles. The maximum Gasteiger partial charge on any atom is 0.274 e. The third-order valence-corrected chi connectivity index (χ3v) is 6.85. The second-order valence-electron chi connectivity index (χ2n) is 8.54. The van der Waals surface area contributed by atoms with E-state index >= 15 is 0 Å². The third-order valence-electron chi connectivity index (χ3n) is 6.85. The summed E-state index contributed by atoms with van der Waals surface area (Å²) in [5.74, 6) is -0.0435. The molecule has 25 heavy (non-hydrogen) atoms. The molecule has 0 spiro atoms. The van der Waals surface area contributed by atoms with Gasteiger partial charge in [0, 0.05) is 44.3 Å². The summed E-state index contributed by atoms with van der Waals surface area (Å²) in [6, 6.07) is 2.39. The molecule has 140 valence electrons. The SMILES string of the molecule is CN(C[C@H]1C[C@]2(C)[C@@H](CCCC[C@]2(C)O)N1C)C(=O)c1ccn(C)n1. The lowest BCUT2D eigenvalue weighted by atomic mass is 9.67. The number of carbonyl (C=O) groups is 1. The monoisotopic (exact) mass is 348 g/mol. The first-order chi connectivity index (χ1) is 11.7. The number of hydrogen-bond donors (Lipinski definition) is 1. The molecule has 0 unspecified atom stereocenters. The second kappa shape index (κ2) is 6.40. The van der Waals surface area contributed by atoms with Crippen LogP contribution in [0.2, 0.25) is 0 Å². The van der Waals surface area contributed by atoms with Crippen molar-refractivity contribution in [2.24, 2.45) is 12.5 Å². The predicted octanol–water partition coefficient (Wildman–Crippen LogP) is 1.90. The number of likely N-dealkylation sites (N-methyl/N-ethyl adjacent to an activating group) is 2. The van der Waals surface area contributed by atoms with Gasteiger partial charge in [-0.25, -0.2) is 0 Å². The highest BCUT2D eigenvalue weighted by atomic mass is 16.3. The van der Waals surface area contributed by atoms with E-state index in [-0.39, 0.29) is 17.4 Å². The van der Waals surface area contributed by atoms with Crippen molar-refractivity contribution in [2.45, 2.75) is 63.6 Å². The molecule has 4 atom stereocenters. The molecule has 3 rings (SSSR count). The minimum absolute atomic E-state index is 0.0435. The van der Waals surface area contributed by atoms with Crippen molar-refractivity contribution in [3.05, 3.63) is 18.0 Å². The largest absolute Gasteiger partial charge is 0.390 e.